The zero-order chi connectivity index (χ0) is 12.6. The second-order valence-electron chi connectivity index (χ2n) is 5.21. The van der Waals surface area contributed by atoms with Crippen molar-refractivity contribution in [2.45, 2.75) is 45.3 Å². The standard InChI is InChI=1S/C14H20FNO/c1-9-7-11(8-10(2)12(9)15)13(16)14(3)5-4-6-17-14/h7-8,13H,4-6,16H2,1-3H3. The molecule has 3 heteroatoms. The van der Waals surface area contributed by atoms with E-state index in [2.05, 4.69) is 0 Å². The van der Waals surface area contributed by atoms with Crippen molar-refractivity contribution < 1.29 is 9.13 Å². The van der Waals surface area contributed by atoms with E-state index in [1.165, 1.54) is 0 Å². The van der Waals surface area contributed by atoms with Gasteiger partial charge in [0.1, 0.15) is 5.82 Å². The van der Waals surface area contributed by atoms with Gasteiger partial charge in [0.25, 0.3) is 0 Å². The Morgan fingerprint density at radius 1 is 1.35 bits per heavy atom. The van der Waals surface area contributed by atoms with Gasteiger partial charge < -0.3 is 10.5 Å². The van der Waals surface area contributed by atoms with E-state index in [0.717, 1.165) is 25.0 Å². The van der Waals surface area contributed by atoms with Crippen molar-refractivity contribution in [3.63, 3.8) is 0 Å². The highest BCUT2D eigenvalue weighted by atomic mass is 19.1. The summed E-state index contributed by atoms with van der Waals surface area (Å²) in [6.07, 6.45) is 2.01. The van der Waals surface area contributed by atoms with Crippen LogP contribution in [-0.2, 0) is 4.74 Å². The molecular weight excluding hydrogens is 217 g/mol. The van der Waals surface area contributed by atoms with Gasteiger partial charge in [0.2, 0.25) is 0 Å². The van der Waals surface area contributed by atoms with Crippen molar-refractivity contribution in [1.82, 2.24) is 0 Å². The van der Waals surface area contributed by atoms with Crippen molar-refractivity contribution in [2.75, 3.05) is 6.61 Å². The fourth-order valence-electron chi connectivity index (χ4n) is 2.56. The molecule has 2 nitrogen and oxygen atoms in total. The van der Waals surface area contributed by atoms with Gasteiger partial charge in [0.05, 0.1) is 11.6 Å². The Morgan fingerprint density at radius 2 is 1.94 bits per heavy atom. The fourth-order valence-corrected chi connectivity index (χ4v) is 2.56. The molecule has 2 rings (SSSR count). The third kappa shape index (κ3) is 2.22. The molecule has 0 bridgehead atoms. The number of hydrogen-bond donors (Lipinski definition) is 1. The van der Waals surface area contributed by atoms with Crippen LogP contribution in [0.1, 0.15) is 42.5 Å². The van der Waals surface area contributed by atoms with Gasteiger partial charge in [-0.2, -0.15) is 0 Å². The summed E-state index contributed by atoms with van der Waals surface area (Å²) in [5.41, 5.74) is 8.23. The minimum atomic E-state index is -0.309. The predicted molar refractivity (Wildman–Crippen MR) is 66.4 cm³/mol. The minimum absolute atomic E-state index is 0.140. The minimum Gasteiger partial charge on any atom is -0.373 e. The molecule has 0 spiro atoms. The number of halogens is 1. The van der Waals surface area contributed by atoms with E-state index in [0.29, 0.717) is 11.1 Å². The van der Waals surface area contributed by atoms with Crippen LogP contribution >= 0.6 is 0 Å². The average molecular weight is 237 g/mol. The quantitative estimate of drug-likeness (QED) is 0.858. The monoisotopic (exact) mass is 237 g/mol. The largest absolute Gasteiger partial charge is 0.373 e. The van der Waals surface area contributed by atoms with Crippen molar-refractivity contribution in [1.29, 1.82) is 0 Å². The first-order chi connectivity index (χ1) is 7.94. The zero-order valence-electron chi connectivity index (χ0n) is 10.7. The number of hydrogen-bond acceptors (Lipinski definition) is 2. The predicted octanol–water partition coefficient (Wildman–Crippen LogP) is 3.01. The van der Waals surface area contributed by atoms with Gasteiger partial charge in [-0.3, -0.25) is 0 Å². The van der Waals surface area contributed by atoms with E-state index in [-0.39, 0.29) is 17.5 Å². The molecule has 1 fully saturated rings. The summed E-state index contributed by atoms with van der Waals surface area (Å²) < 4.78 is 19.3. The fraction of sp³-hybridized carbons (Fsp3) is 0.571. The van der Waals surface area contributed by atoms with Crippen LogP contribution in [0.5, 0.6) is 0 Å². The third-order valence-electron chi connectivity index (χ3n) is 3.73. The zero-order valence-corrected chi connectivity index (χ0v) is 10.7. The van der Waals surface area contributed by atoms with Gasteiger partial charge in [-0.15, -0.1) is 0 Å². The Balaban J connectivity index is 2.34. The van der Waals surface area contributed by atoms with E-state index in [9.17, 15) is 4.39 Å². The van der Waals surface area contributed by atoms with Crippen LogP contribution < -0.4 is 5.73 Å². The second kappa shape index (κ2) is 4.39. The Kier molecular flexibility index (Phi) is 3.23. The SMILES string of the molecule is Cc1cc(C(N)C2(C)CCCO2)cc(C)c1F. The number of nitrogens with two attached hydrogens (primary N) is 1. The highest BCUT2D eigenvalue weighted by Gasteiger charge is 2.37. The van der Waals surface area contributed by atoms with E-state index >= 15 is 0 Å². The van der Waals surface area contributed by atoms with E-state index in [1.807, 2.05) is 19.1 Å². The highest BCUT2D eigenvalue weighted by molar-refractivity contribution is 5.33. The average Bonchev–Trinajstić information content (AvgIpc) is 2.72. The Morgan fingerprint density at radius 3 is 2.41 bits per heavy atom. The number of rotatable bonds is 2. The van der Waals surface area contributed by atoms with Crippen LogP contribution in [-0.4, -0.2) is 12.2 Å². The lowest BCUT2D eigenvalue weighted by molar-refractivity contribution is -0.00177. The molecule has 1 aliphatic heterocycles. The van der Waals surface area contributed by atoms with Gasteiger partial charge in [0.15, 0.2) is 0 Å². The van der Waals surface area contributed by atoms with Gasteiger partial charge in [-0.25, -0.2) is 4.39 Å². The van der Waals surface area contributed by atoms with Crippen LogP contribution in [0.15, 0.2) is 12.1 Å². The van der Waals surface area contributed by atoms with Crippen LogP contribution in [0.25, 0.3) is 0 Å². The van der Waals surface area contributed by atoms with Crippen LogP contribution in [0, 0.1) is 19.7 Å². The Hall–Kier alpha value is -0.930. The molecule has 2 atom stereocenters. The van der Waals surface area contributed by atoms with Crippen molar-refractivity contribution in [2.24, 2.45) is 5.73 Å². The molecule has 1 aromatic carbocycles. The van der Waals surface area contributed by atoms with Crippen LogP contribution in [0.3, 0.4) is 0 Å². The number of ether oxygens (including phenoxy) is 1. The highest BCUT2D eigenvalue weighted by Crippen LogP contribution is 2.36. The molecule has 94 valence electrons. The van der Waals surface area contributed by atoms with Crippen molar-refractivity contribution in [3.8, 4) is 0 Å². The number of benzene rings is 1. The van der Waals surface area contributed by atoms with E-state index < -0.39 is 0 Å². The summed E-state index contributed by atoms with van der Waals surface area (Å²) in [6, 6.07) is 3.47. The molecule has 0 aliphatic carbocycles. The lowest BCUT2D eigenvalue weighted by Crippen LogP contribution is -2.37. The molecule has 1 heterocycles. The van der Waals surface area contributed by atoms with Crippen molar-refractivity contribution in [3.05, 3.63) is 34.6 Å². The smallest absolute Gasteiger partial charge is 0.129 e. The van der Waals surface area contributed by atoms with E-state index in [1.54, 1.807) is 13.8 Å². The number of aryl methyl sites for hydroxylation is 2. The summed E-state index contributed by atoms with van der Waals surface area (Å²) >= 11 is 0. The molecule has 0 radical (unpaired) electrons. The maximum atomic E-state index is 13.6. The Bertz CT molecular complexity index is 401. The van der Waals surface area contributed by atoms with Gasteiger partial charge >= 0.3 is 0 Å². The molecule has 0 amide bonds. The molecule has 1 saturated heterocycles. The van der Waals surface area contributed by atoms with Gasteiger partial charge in [0, 0.05) is 6.61 Å². The van der Waals surface area contributed by atoms with Crippen LogP contribution in [0.2, 0.25) is 0 Å². The first-order valence-electron chi connectivity index (χ1n) is 6.10. The normalized spacial score (nSPS) is 26.2. The van der Waals surface area contributed by atoms with E-state index in [4.69, 9.17) is 10.5 Å². The molecule has 0 aromatic heterocycles. The molecule has 1 aromatic rings. The summed E-state index contributed by atoms with van der Waals surface area (Å²) in [7, 11) is 0. The third-order valence-corrected chi connectivity index (χ3v) is 3.73. The molecule has 2 unspecified atom stereocenters. The second-order valence-corrected chi connectivity index (χ2v) is 5.21. The first kappa shape index (κ1) is 12.5. The first-order valence-corrected chi connectivity index (χ1v) is 6.10. The molecule has 2 N–H and O–H groups in total. The summed E-state index contributed by atoms with van der Waals surface area (Å²) in [6.45, 7) is 6.36. The summed E-state index contributed by atoms with van der Waals surface area (Å²) in [4.78, 5) is 0. The molecular formula is C14H20FNO. The Labute approximate surface area is 102 Å². The maximum absolute atomic E-state index is 13.6. The lowest BCUT2D eigenvalue weighted by atomic mass is 9.87. The topological polar surface area (TPSA) is 35.2 Å². The lowest BCUT2D eigenvalue weighted by Gasteiger charge is -2.31. The molecule has 1 aliphatic rings. The maximum Gasteiger partial charge on any atom is 0.129 e. The molecule has 17 heavy (non-hydrogen) atoms. The van der Waals surface area contributed by atoms with Crippen LogP contribution in [0.4, 0.5) is 4.39 Å². The van der Waals surface area contributed by atoms with Gasteiger partial charge in [-0.1, -0.05) is 12.1 Å². The summed E-state index contributed by atoms with van der Waals surface area (Å²) in [5, 5.41) is 0. The molecule has 0 saturated carbocycles. The summed E-state index contributed by atoms with van der Waals surface area (Å²) in [5.74, 6) is -0.140. The van der Waals surface area contributed by atoms with Gasteiger partial charge in [-0.05, 0) is 50.3 Å². The van der Waals surface area contributed by atoms with Crippen molar-refractivity contribution >= 4 is 0 Å².